The third kappa shape index (κ3) is 5.99. The van der Waals surface area contributed by atoms with Crippen LogP contribution in [0.4, 0.5) is 0 Å². The van der Waals surface area contributed by atoms with Gasteiger partial charge in [0.1, 0.15) is 18.1 Å². The lowest BCUT2D eigenvalue weighted by Gasteiger charge is -2.33. The number of ether oxygens (including phenoxy) is 1. The molecule has 1 fully saturated rings. The van der Waals surface area contributed by atoms with Crippen LogP contribution >= 0.6 is 0 Å². The fourth-order valence-electron chi connectivity index (χ4n) is 3.31. The summed E-state index contributed by atoms with van der Waals surface area (Å²) < 4.78 is 11.3. The van der Waals surface area contributed by atoms with E-state index in [-0.39, 0.29) is 6.04 Å². The van der Waals surface area contributed by atoms with Crippen molar-refractivity contribution in [2.24, 2.45) is 4.99 Å². The second kappa shape index (κ2) is 10.6. The van der Waals surface area contributed by atoms with Crippen molar-refractivity contribution in [2.75, 3.05) is 39.8 Å². The van der Waals surface area contributed by atoms with Crippen LogP contribution in [0.1, 0.15) is 31.1 Å². The molecule has 3 rings (SSSR count). The van der Waals surface area contributed by atoms with Gasteiger partial charge in [0.25, 0.3) is 0 Å². The fourth-order valence-corrected chi connectivity index (χ4v) is 3.31. The van der Waals surface area contributed by atoms with Gasteiger partial charge in [0.2, 0.25) is 0 Å². The second-order valence-corrected chi connectivity index (χ2v) is 6.54. The lowest BCUT2D eigenvalue weighted by atomic mass is 10.1. The zero-order valence-corrected chi connectivity index (χ0v) is 15.9. The molecule has 27 heavy (non-hydrogen) atoms. The van der Waals surface area contributed by atoms with Gasteiger partial charge in [-0.15, -0.1) is 0 Å². The van der Waals surface area contributed by atoms with Crippen LogP contribution in [0.25, 0.3) is 0 Å². The van der Waals surface area contributed by atoms with Gasteiger partial charge in [-0.25, -0.2) is 0 Å². The number of likely N-dealkylation sites (tertiary alicyclic amines) is 1. The predicted molar refractivity (Wildman–Crippen MR) is 106 cm³/mol. The number of furan rings is 1. The maximum absolute atomic E-state index is 5.69. The monoisotopic (exact) mass is 371 g/mol. The number of aromatic nitrogens is 1. The SMILES string of the molecule is CN=C(NCCOc1cccnc1)NCC(c1ccco1)N1CCCCC1. The number of guanidine groups is 1. The zero-order chi connectivity index (χ0) is 18.7. The Hall–Kier alpha value is -2.54. The van der Waals surface area contributed by atoms with Gasteiger partial charge in [-0.2, -0.15) is 0 Å². The largest absolute Gasteiger partial charge is 0.490 e. The minimum atomic E-state index is 0.213. The summed E-state index contributed by atoms with van der Waals surface area (Å²) in [7, 11) is 1.78. The molecular formula is C20H29N5O2. The summed E-state index contributed by atoms with van der Waals surface area (Å²) in [5.41, 5.74) is 0. The molecule has 3 heterocycles. The summed E-state index contributed by atoms with van der Waals surface area (Å²) in [5, 5.41) is 6.71. The van der Waals surface area contributed by atoms with Crippen molar-refractivity contribution in [1.82, 2.24) is 20.5 Å². The van der Waals surface area contributed by atoms with Crippen LogP contribution in [-0.2, 0) is 0 Å². The number of aliphatic imine (C=N–C) groups is 1. The Morgan fingerprint density at radius 2 is 2.15 bits per heavy atom. The van der Waals surface area contributed by atoms with E-state index in [1.165, 1.54) is 19.3 Å². The molecule has 0 bridgehead atoms. The molecule has 0 saturated carbocycles. The zero-order valence-electron chi connectivity index (χ0n) is 15.9. The first-order chi connectivity index (χ1) is 13.4. The first-order valence-electron chi connectivity index (χ1n) is 9.61. The van der Waals surface area contributed by atoms with Crippen LogP contribution in [0.5, 0.6) is 5.75 Å². The Morgan fingerprint density at radius 1 is 1.26 bits per heavy atom. The van der Waals surface area contributed by atoms with Crippen LogP contribution in [0, 0.1) is 0 Å². The summed E-state index contributed by atoms with van der Waals surface area (Å²) in [6.07, 6.45) is 8.99. The molecule has 0 amide bonds. The number of hydrogen-bond acceptors (Lipinski definition) is 5. The number of nitrogens with zero attached hydrogens (tertiary/aromatic N) is 3. The maximum Gasteiger partial charge on any atom is 0.191 e. The Kier molecular flexibility index (Phi) is 7.53. The van der Waals surface area contributed by atoms with Gasteiger partial charge in [-0.1, -0.05) is 6.42 Å². The van der Waals surface area contributed by atoms with E-state index in [4.69, 9.17) is 9.15 Å². The van der Waals surface area contributed by atoms with Crippen molar-refractivity contribution in [1.29, 1.82) is 0 Å². The number of rotatable bonds is 8. The number of pyridine rings is 1. The van der Waals surface area contributed by atoms with Crippen LogP contribution in [-0.4, -0.2) is 55.7 Å². The van der Waals surface area contributed by atoms with Crippen LogP contribution in [0.3, 0.4) is 0 Å². The van der Waals surface area contributed by atoms with Gasteiger partial charge in [-0.3, -0.25) is 14.9 Å². The molecule has 7 nitrogen and oxygen atoms in total. The van der Waals surface area contributed by atoms with Gasteiger partial charge in [0.05, 0.1) is 25.0 Å². The average molecular weight is 371 g/mol. The van der Waals surface area contributed by atoms with Crippen molar-refractivity contribution in [3.8, 4) is 5.75 Å². The van der Waals surface area contributed by atoms with Crippen molar-refractivity contribution in [3.63, 3.8) is 0 Å². The highest BCUT2D eigenvalue weighted by molar-refractivity contribution is 5.79. The minimum absolute atomic E-state index is 0.213. The molecule has 2 aromatic rings. The third-order valence-electron chi connectivity index (χ3n) is 4.69. The Labute approximate surface area is 160 Å². The Bertz CT molecular complexity index is 669. The van der Waals surface area contributed by atoms with E-state index in [2.05, 4.69) is 31.6 Å². The first kappa shape index (κ1) is 19.2. The van der Waals surface area contributed by atoms with E-state index >= 15 is 0 Å². The summed E-state index contributed by atoms with van der Waals surface area (Å²) in [4.78, 5) is 10.8. The molecule has 0 aliphatic carbocycles. The summed E-state index contributed by atoms with van der Waals surface area (Å²) in [6, 6.07) is 7.98. The molecule has 7 heteroatoms. The van der Waals surface area contributed by atoms with Gasteiger partial charge < -0.3 is 19.8 Å². The molecule has 1 saturated heterocycles. The molecule has 0 radical (unpaired) electrons. The highest BCUT2D eigenvalue weighted by Gasteiger charge is 2.24. The highest BCUT2D eigenvalue weighted by Crippen LogP contribution is 2.24. The molecule has 1 aliphatic heterocycles. The van der Waals surface area contributed by atoms with E-state index in [9.17, 15) is 0 Å². The van der Waals surface area contributed by atoms with E-state index in [1.54, 1.807) is 25.7 Å². The topological polar surface area (TPSA) is 74.9 Å². The molecule has 1 aliphatic rings. The fraction of sp³-hybridized carbons (Fsp3) is 0.500. The smallest absolute Gasteiger partial charge is 0.191 e. The van der Waals surface area contributed by atoms with Crippen molar-refractivity contribution >= 4 is 5.96 Å². The van der Waals surface area contributed by atoms with E-state index in [0.29, 0.717) is 13.2 Å². The minimum Gasteiger partial charge on any atom is -0.490 e. The summed E-state index contributed by atoms with van der Waals surface area (Å²) in [5.74, 6) is 2.53. The Morgan fingerprint density at radius 3 is 2.85 bits per heavy atom. The van der Waals surface area contributed by atoms with E-state index in [0.717, 1.165) is 37.1 Å². The normalized spacial score (nSPS) is 16.7. The van der Waals surface area contributed by atoms with E-state index < -0.39 is 0 Å². The average Bonchev–Trinajstić information content (AvgIpc) is 3.26. The molecule has 0 spiro atoms. The molecule has 0 aromatic carbocycles. The summed E-state index contributed by atoms with van der Waals surface area (Å²) in [6.45, 7) is 4.16. The molecule has 1 atom stereocenters. The van der Waals surface area contributed by atoms with Crippen LogP contribution in [0.2, 0.25) is 0 Å². The van der Waals surface area contributed by atoms with Crippen molar-refractivity contribution < 1.29 is 9.15 Å². The molecular weight excluding hydrogens is 342 g/mol. The maximum atomic E-state index is 5.69. The van der Waals surface area contributed by atoms with E-state index in [1.807, 2.05) is 18.2 Å². The highest BCUT2D eigenvalue weighted by atomic mass is 16.5. The first-order valence-corrected chi connectivity index (χ1v) is 9.61. The third-order valence-corrected chi connectivity index (χ3v) is 4.69. The number of hydrogen-bond donors (Lipinski definition) is 2. The number of nitrogens with one attached hydrogen (secondary N) is 2. The van der Waals surface area contributed by atoms with Gasteiger partial charge in [0.15, 0.2) is 5.96 Å². The summed E-state index contributed by atoms with van der Waals surface area (Å²) >= 11 is 0. The van der Waals surface area contributed by atoms with Gasteiger partial charge >= 0.3 is 0 Å². The molecule has 2 N–H and O–H groups in total. The van der Waals surface area contributed by atoms with Crippen molar-refractivity contribution in [3.05, 3.63) is 48.7 Å². The lowest BCUT2D eigenvalue weighted by molar-refractivity contribution is 0.146. The second-order valence-electron chi connectivity index (χ2n) is 6.54. The lowest BCUT2D eigenvalue weighted by Crippen LogP contribution is -2.45. The van der Waals surface area contributed by atoms with Gasteiger partial charge in [0, 0.05) is 19.8 Å². The standard InChI is InChI=1S/C20H29N5O2/c1-21-20(23-10-14-26-17-7-5-9-22-15-17)24-16-18(19-8-6-13-27-19)25-11-3-2-4-12-25/h5-9,13,15,18H,2-4,10-12,14,16H2,1H3,(H2,21,23,24). The van der Waals surface area contributed by atoms with Crippen LogP contribution in [0.15, 0.2) is 52.3 Å². The predicted octanol–water partition coefficient (Wildman–Crippen LogP) is 2.45. The molecule has 146 valence electrons. The molecule has 2 aromatic heterocycles. The molecule has 1 unspecified atom stereocenters. The van der Waals surface area contributed by atoms with Crippen molar-refractivity contribution in [2.45, 2.75) is 25.3 Å². The quantitative estimate of drug-likeness (QED) is 0.422. The Balaban J connectivity index is 1.46. The number of piperidine rings is 1. The van der Waals surface area contributed by atoms with Gasteiger partial charge in [-0.05, 0) is 50.2 Å². The van der Waals surface area contributed by atoms with Crippen LogP contribution < -0.4 is 15.4 Å².